The third-order valence-electron chi connectivity index (χ3n) is 3.20. The van der Waals surface area contributed by atoms with E-state index in [-0.39, 0.29) is 11.1 Å². The first-order chi connectivity index (χ1) is 10.2. The number of methoxy groups -OCH3 is 1. The summed E-state index contributed by atoms with van der Waals surface area (Å²) in [4.78, 5) is 12.0. The highest BCUT2D eigenvalue weighted by Crippen LogP contribution is 2.20. The SMILES string of the molecule is CCCCn1nc(-c2ccc(OC)cc2)cc(C#N)c1=O. The van der Waals surface area contributed by atoms with Gasteiger partial charge in [0.05, 0.1) is 12.8 Å². The largest absolute Gasteiger partial charge is 0.497 e. The van der Waals surface area contributed by atoms with E-state index in [9.17, 15) is 4.79 Å². The Kier molecular flexibility index (Phi) is 4.72. The number of aromatic nitrogens is 2. The minimum atomic E-state index is -0.330. The van der Waals surface area contributed by atoms with Crippen molar-refractivity contribution in [3.8, 4) is 23.1 Å². The molecule has 0 unspecified atom stereocenters. The van der Waals surface area contributed by atoms with Crippen molar-refractivity contribution in [2.24, 2.45) is 0 Å². The molecule has 2 aromatic rings. The first-order valence-corrected chi connectivity index (χ1v) is 6.86. The van der Waals surface area contributed by atoms with Gasteiger partial charge in [-0.3, -0.25) is 4.79 Å². The van der Waals surface area contributed by atoms with Gasteiger partial charge in [0.25, 0.3) is 5.56 Å². The number of aryl methyl sites for hydroxylation is 1. The average Bonchev–Trinajstić information content (AvgIpc) is 2.54. The van der Waals surface area contributed by atoms with Gasteiger partial charge in [0.1, 0.15) is 17.4 Å². The molecule has 21 heavy (non-hydrogen) atoms. The van der Waals surface area contributed by atoms with Crippen molar-refractivity contribution in [3.05, 3.63) is 46.2 Å². The molecule has 0 spiro atoms. The van der Waals surface area contributed by atoms with Crippen LogP contribution in [0.15, 0.2) is 35.1 Å². The van der Waals surface area contributed by atoms with Crippen LogP contribution >= 0.6 is 0 Å². The van der Waals surface area contributed by atoms with Gasteiger partial charge in [0, 0.05) is 12.1 Å². The number of benzene rings is 1. The molecule has 2 rings (SSSR count). The van der Waals surface area contributed by atoms with Gasteiger partial charge in [-0.2, -0.15) is 10.4 Å². The highest BCUT2D eigenvalue weighted by atomic mass is 16.5. The van der Waals surface area contributed by atoms with Crippen molar-refractivity contribution in [1.29, 1.82) is 5.26 Å². The van der Waals surface area contributed by atoms with E-state index < -0.39 is 0 Å². The molecule has 1 heterocycles. The Morgan fingerprint density at radius 1 is 1.33 bits per heavy atom. The van der Waals surface area contributed by atoms with Crippen LogP contribution in [0, 0.1) is 11.3 Å². The van der Waals surface area contributed by atoms with Crippen molar-refractivity contribution < 1.29 is 4.74 Å². The second-order valence-electron chi connectivity index (χ2n) is 4.67. The van der Waals surface area contributed by atoms with Gasteiger partial charge in [0.15, 0.2) is 0 Å². The molecule has 1 aromatic heterocycles. The Morgan fingerprint density at radius 3 is 2.62 bits per heavy atom. The van der Waals surface area contributed by atoms with E-state index >= 15 is 0 Å². The van der Waals surface area contributed by atoms with Crippen LogP contribution in [0.25, 0.3) is 11.3 Å². The zero-order valence-electron chi connectivity index (χ0n) is 12.2. The monoisotopic (exact) mass is 283 g/mol. The molecule has 5 heteroatoms. The maximum atomic E-state index is 12.0. The zero-order chi connectivity index (χ0) is 15.2. The molecule has 0 saturated heterocycles. The number of unbranched alkanes of at least 4 members (excludes halogenated alkanes) is 1. The van der Waals surface area contributed by atoms with E-state index in [2.05, 4.69) is 5.10 Å². The first-order valence-electron chi connectivity index (χ1n) is 6.86. The van der Waals surface area contributed by atoms with Crippen molar-refractivity contribution >= 4 is 0 Å². The second-order valence-corrected chi connectivity index (χ2v) is 4.67. The molecule has 0 aliphatic heterocycles. The standard InChI is InChI=1S/C16H17N3O2/c1-3-4-9-19-16(20)13(11-17)10-15(18-19)12-5-7-14(21-2)8-6-12/h5-8,10H,3-4,9H2,1-2H3. The highest BCUT2D eigenvalue weighted by molar-refractivity contribution is 5.61. The maximum absolute atomic E-state index is 12.0. The molecule has 0 atom stereocenters. The minimum absolute atomic E-state index is 0.118. The summed E-state index contributed by atoms with van der Waals surface area (Å²) >= 11 is 0. The van der Waals surface area contributed by atoms with Crippen molar-refractivity contribution in [1.82, 2.24) is 9.78 Å². The number of hydrogen-bond donors (Lipinski definition) is 0. The Morgan fingerprint density at radius 2 is 2.05 bits per heavy atom. The van der Waals surface area contributed by atoms with Gasteiger partial charge in [-0.15, -0.1) is 0 Å². The summed E-state index contributed by atoms with van der Waals surface area (Å²) in [5.41, 5.74) is 1.25. The van der Waals surface area contributed by atoms with Crippen LogP contribution in [-0.2, 0) is 6.54 Å². The topological polar surface area (TPSA) is 67.9 Å². The molecule has 0 aliphatic carbocycles. The third kappa shape index (κ3) is 3.29. The van der Waals surface area contributed by atoms with Gasteiger partial charge >= 0.3 is 0 Å². The molecule has 0 fully saturated rings. The van der Waals surface area contributed by atoms with Gasteiger partial charge < -0.3 is 4.74 Å². The van der Waals surface area contributed by atoms with Crippen molar-refractivity contribution in [2.45, 2.75) is 26.3 Å². The maximum Gasteiger partial charge on any atom is 0.284 e. The van der Waals surface area contributed by atoms with Crippen LogP contribution in [0.4, 0.5) is 0 Å². The van der Waals surface area contributed by atoms with Crippen LogP contribution in [-0.4, -0.2) is 16.9 Å². The van der Waals surface area contributed by atoms with Gasteiger partial charge in [-0.1, -0.05) is 13.3 Å². The lowest BCUT2D eigenvalue weighted by Gasteiger charge is -2.08. The molecule has 0 amide bonds. The number of rotatable bonds is 5. The number of nitrogens with zero attached hydrogens (tertiary/aromatic N) is 3. The van der Waals surface area contributed by atoms with Gasteiger partial charge in [0.2, 0.25) is 0 Å². The van der Waals surface area contributed by atoms with Crippen LogP contribution in [0.1, 0.15) is 25.3 Å². The number of nitriles is 1. The van der Waals surface area contributed by atoms with Crippen LogP contribution in [0.3, 0.4) is 0 Å². The summed E-state index contributed by atoms with van der Waals surface area (Å²) in [5, 5.41) is 13.5. The van der Waals surface area contributed by atoms with Crippen molar-refractivity contribution in [2.75, 3.05) is 7.11 Å². The second kappa shape index (κ2) is 6.71. The van der Waals surface area contributed by atoms with E-state index in [1.807, 2.05) is 37.3 Å². The number of hydrogen-bond acceptors (Lipinski definition) is 4. The molecule has 5 nitrogen and oxygen atoms in total. The van der Waals surface area contributed by atoms with Gasteiger partial charge in [-0.25, -0.2) is 4.68 Å². The predicted octanol–water partition coefficient (Wildman–Crippen LogP) is 2.59. The first kappa shape index (κ1) is 14.8. The Bertz CT molecular complexity index is 712. The van der Waals surface area contributed by atoms with Crippen LogP contribution < -0.4 is 10.3 Å². The summed E-state index contributed by atoms with van der Waals surface area (Å²) in [5.74, 6) is 0.749. The summed E-state index contributed by atoms with van der Waals surface area (Å²) in [6.45, 7) is 2.57. The summed E-state index contributed by atoms with van der Waals surface area (Å²) in [6.07, 6.45) is 1.81. The zero-order valence-corrected chi connectivity index (χ0v) is 12.2. The molecule has 108 valence electrons. The quantitative estimate of drug-likeness (QED) is 0.845. The normalized spacial score (nSPS) is 10.1. The molecular weight excluding hydrogens is 266 g/mol. The number of ether oxygens (including phenoxy) is 1. The lowest BCUT2D eigenvalue weighted by Crippen LogP contribution is -2.25. The van der Waals surface area contributed by atoms with Crippen LogP contribution in [0.2, 0.25) is 0 Å². The fourth-order valence-corrected chi connectivity index (χ4v) is 1.98. The minimum Gasteiger partial charge on any atom is -0.497 e. The van der Waals surface area contributed by atoms with E-state index in [0.717, 1.165) is 24.2 Å². The summed E-state index contributed by atoms with van der Waals surface area (Å²) in [7, 11) is 1.60. The molecule has 0 aliphatic rings. The van der Waals surface area contributed by atoms with E-state index in [4.69, 9.17) is 10.00 Å². The lowest BCUT2D eigenvalue weighted by atomic mass is 10.1. The van der Waals surface area contributed by atoms with E-state index in [1.165, 1.54) is 10.7 Å². The highest BCUT2D eigenvalue weighted by Gasteiger charge is 2.09. The third-order valence-corrected chi connectivity index (χ3v) is 3.20. The molecule has 0 saturated carbocycles. The van der Waals surface area contributed by atoms with Crippen molar-refractivity contribution in [3.63, 3.8) is 0 Å². The smallest absolute Gasteiger partial charge is 0.284 e. The fraction of sp³-hybridized carbons (Fsp3) is 0.312. The predicted molar refractivity (Wildman–Crippen MR) is 80.1 cm³/mol. The molecule has 0 radical (unpaired) electrons. The molecule has 1 aromatic carbocycles. The average molecular weight is 283 g/mol. The summed E-state index contributed by atoms with van der Waals surface area (Å²) < 4.78 is 6.49. The molecule has 0 N–H and O–H groups in total. The Labute approximate surface area is 123 Å². The lowest BCUT2D eigenvalue weighted by molar-refractivity contribution is 0.415. The Balaban J connectivity index is 2.47. The van der Waals surface area contributed by atoms with Gasteiger partial charge in [-0.05, 0) is 36.8 Å². The molecular formula is C16H17N3O2. The van der Waals surface area contributed by atoms with Crippen LogP contribution in [0.5, 0.6) is 5.75 Å². The van der Waals surface area contributed by atoms with E-state index in [0.29, 0.717) is 12.2 Å². The fourth-order valence-electron chi connectivity index (χ4n) is 1.98. The molecule has 0 bridgehead atoms. The Hall–Kier alpha value is -2.61. The van der Waals surface area contributed by atoms with E-state index in [1.54, 1.807) is 7.11 Å². The summed E-state index contributed by atoms with van der Waals surface area (Å²) in [6, 6.07) is 10.8.